The molecule has 1 fully saturated rings. The van der Waals surface area contributed by atoms with Gasteiger partial charge in [-0.25, -0.2) is 8.42 Å². The number of sulfonamides is 1. The lowest BCUT2D eigenvalue weighted by molar-refractivity contribution is 0.0944. The Labute approximate surface area is 155 Å². The molecule has 26 heavy (non-hydrogen) atoms. The summed E-state index contributed by atoms with van der Waals surface area (Å²) in [7, 11) is -2.26. The first-order valence-corrected chi connectivity index (χ1v) is 10.5. The second-order valence-electron chi connectivity index (χ2n) is 6.14. The summed E-state index contributed by atoms with van der Waals surface area (Å²) in [5.41, 5.74) is 0.304. The van der Waals surface area contributed by atoms with Crippen molar-refractivity contribution in [2.75, 3.05) is 40.0 Å². The molecule has 1 N–H and O–H groups in total. The molecule has 0 radical (unpaired) electrons. The number of carbonyl (C=O) groups is 1. The molecular weight excluding hydrogens is 356 g/mol. The van der Waals surface area contributed by atoms with Gasteiger partial charge in [0, 0.05) is 38.4 Å². The predicted octanol–water partition coefficient (Wildman–Crippen LogP) is 2.03. The molecule has 1 amide bonds. The molecule has 0 unspecified atom stereocenters. The van der Waals surface area contributed by atoms with Crippen LogP contribution in [0.2, 0.25) is 0 Å². The molecule has 1 aromatic carbocycles. The molecule has 1 aromatic rings. The molecule has 8 heteroatoms. The van der Waals surface area contributed by atoms with Crippen LogP contribution < -0.4 is 10.1 Å². The van der Waals surface area contributed by atoms with Gasteiger partial charge in [0.05, 0.1) is 7.11 Å². The van der Waals surface area contributed by atoms with Gasteiger partial charge in [0.2, 0.25) is 10.0 Å². The Morgan fingerprint density at radius 2 is 1.96 bits per heavy atom. The van der Waals surface area contributed by atoms with E-state index in [2.05, 4.69) is 5.32 Å². The first-order chi connectivity index (χ1) is 12.5. The van der Waals surface area contributed by atoms with Crippen LogP contribution in [0.4, 0.5) is 0 Å². The third-order valence-electron chi connectivity index (χ3n) is 4.31. The maximum absolute atomic E-state index is 13.0. The van der Waals surface area contributed by atoms with Gasteiger partial charge in [0.1, 0.15) is 10.6 Å². The van der Waals surface area contributed by atoms with E-state index in [1.54, 1.807) is 6.07 Å². The number of benzene rings is 1. The molecular formula is C18H28N2O5S. The number of nitrogens with one attached hydrogen (secondary N) is 1. The van der Waals surface area contributed by atoms with Crippen molar-refractivity contribution in [3.8, 4) is 5.75 Å². The Hall–Kier alpha value is -1.64. The first kappa shape index (κ1) is 20.7. The van der Waals surface area contributed by atoms with Crippen LogP contribution in [0.5, 0.6) is 5.75 Å². The van der Waals surface area contributed by atoms with Crippen LogP contribution in [0.15, 0.2) is 23.1 Å². The minimum Gasteiger partial charge on any atom is -0.495 e. The molecule has 1 heterocycles. The van der Waals surface area contributed by atoms with Gasteiger partial charge >= 0.3 is 0 Å². The molecule has 0 aliphatic carbocycles. The minimum atomic E-state index is -3.68. The summed E-state index contributed by atoms with van der Waals surface area (Å²) >= 11 is 0. The summed E-state index contributed by atoms with van der Waals surface area (Å²) in [5.74, 6) is -0.0530. The molecule has 0 saturated carbocycles. The summed E-state index contributed by atoms with van der Waals surface area (Å²) in [4.78, 5) is 12.4. The standard InChI is InChI=1S/C18H28N2O5S/c1-3-25-13-7-10-19-18(21)15-8-9-16(24-2)17(14-15)26(22,23)20-11-5-4-6-12-20/h8-9,14H,3-7,10-13H2,1-2H3,(H,19,21). The maximum atomic E-state index is 13.0. The number of ether oxygens (including phenoxy) is 2. The number of carbonyl (C=O) groups excluding carboxylic acids is 1. The zero-order valence-electron chi connectivity index (χ0n) is 15.5. The second-order valence-corrected chi connectivity index (χ2v) is 8.04. The zero-order valence-corrected chi connectivity index (χ0v) is 16.3. The molecule has 7 nitrogen and oxygen atoms in total. The fraction of sp³-hybridized carbons (Fsp3) is 0.611. The number of rotatable bonds is 9. The van der Waals surface area contributed by atoms with Crippen LogP contribution in [0.1, 0.15) is 43.0 Å². The second kappa shape index (κ2) is 9.89. The molecule has 1 aliphatic heterocycles. The average molecular weight is 384 g/mol. The number of hydrogen-bond donors (Lipinski definition) is 1. The fourth-order valence-corrected chi connectivity index (χ4v) is 4.59. The number of methoxy groups -OCH3 is 1. The van der Waals surface area contributed by atoms with Crippen LogP contribution in [0, 0.1) is 0 Å². The van der Waals surface area contributed by atoms with Gasteiger partial charge in [-0.3, -0.25) is 4.79 Å². The first-order valence-electron chi connectivity index (χ1n) is 9.05. The van der Waals surface area contributed by atoms with Crippen molar-refractivity contribution in [3.05, 3.63) is 23.8 Å². The van der Waals surface area contributed by atoms with E-state index in [9.17, 15) is 13.2 Å². The quantitative estimate of drug-likeness (QED) is 0.659. The highest BCUT2D eigenvalue weighted by molar-refractivity contribution is 7.89. The zero-order chi connectivity index (χ0) is 19.0. The van der Waals surface area contributed by atoms with E-state index in [-0.39, 0.29) is 16.6 Å². The highest BCUT2D eigenvalue weighted by atomic mass is 32.2. The topological polar surface area (TPSA) is 84.9 Å². The van der Waals surface area contributed by atoms with Crippen LogP contribution >= 0.6 is 0 Å². The van der Waals surface area contributed by atoms with Crippen LogP contribution in [-0.4, -0.2) is 58.6 Å². The normalized spacial score (nSPS) is 15.6. The van der Waals surface area contributed by atoms with Crippen LogP contribution in [0.25, 0.3) is 0 Å². The highest BCUT2D eigenvalue weighted by Gasteiger charge is 2.29. The van der Waals surface area contributed by atoms with Crippen LogP contribution in [-0.2, 0) is 14.8 Å². The van der Waals surface area contributed by atoms with E-state index in [0.717, 1.165) is 19.3 Å². The third kappa shape index (κ3) is 5.18. The van der Waals surface area contributed by atoms with Crippen molar-refractivity contribution in [1.82, 2.24) is 9.62 Å². The van der Waals surface area contributed by atoms with Gasteiger partial charge < -0.3 is 14.8 Å². The smallest absolute Gasteiger partial charge is 0.251 e. The van der Waals surface area contributed by atoms with E-state index >= 15 is 0 Å². The molecule has 0 aromatic heterocycles. The SMILES string of the molecule is CCOCCCNC(=O)c1ccc(OC)c(S(=O)(=O)N2CCCCC2)c1. The summed E-state index contributed by atoms with van der Waals surface area (Å²) in [6.45, 7) is 4.61. The van der Waals surface area contributed by atoms with E-state index < -0.39 is 10.0 Å². The predicted molar refractivity (Wildman–Crippen MR) is 99.0 cm³/mol. The van der Waals surface area contributed by atoms with E-state index in [1.807, 2.05) is 6.92 Å². The number of amides is 1. The maximum Gasteiger partial charge on any atom is 0.251 e. The molecule has 0 atom stereocenters. The van der Waals surface area contributed by atoms with Crippen LogP contribution in [0.3, 0.4) is 0 Å². The van der Waals surface area contributed by atoms with Crippen molar-refractivity contribution >= 4 is 15.9 Å². The Kier molecular flexibility index (Phi) is 7.86. The summed E-state index contributed by atoms with van der Waals surface area (Å²) in [5, 5.41) is 2.79. The summed E-state index contributed by atoms with van der Waals surface area (Å²) in [6, 6.07) is 4.51. The van der Waals surface area contributed by atoms with Gasteiger partial charge in [-0.05, 0) is 44.4 Å². The van der Waals surface area contributed by atoms with Crippen molar-refractivity contribution in [3.63, 3.8) is 0 Å². The molecule has 1 aliphatic rings. The largest absolute Gasteiger partial charge is 0.495 e. The molecule has 146 valence electrons. The molecule has 1 saturated heterocycles. The monoisotopic (exact) mass is 384 g/mol. The van der Waals surface area contributed by atoms with Crippen molar-refractivity contribution in [1.29, 1.82) is 0 Å². The Bertz CT molecular complexity index is 700. The minimum absolute atomic E-state index is 0.0452. The number of nitrogens with zero attached hydrogens (tertiary/aromatic N) is 1. The molecule has 2 rings (SSSR count). The Morgan fingerprint density at radius 1 is 1.23 bits per heavy atom. The van der Waals surface area contributed by atoms with Gasteiger partial charge in [-0.1, -0.05) is 6.42 Å². The Balaban J connectivity index is 2.15. The molecule has 0 spiro atoms. The van der Waals surface area contributed by atoms with Gasteiger partial charge in [-0.2, -0.15) is 4.31 Å². The van der Waals surface area contributed by atoms with Gasteiger partial charge in [0.25, 0.3) is 5.91 Å². The lowest BCUT2D eigenvalue weighted by Gasteiger charge is -2.26. The summed E-state index contributed by atoms with van der Waals surface area (Å²) < 4.78 is 37.9. The number of piperidine rings is 1. The van der Waals surface area contributed by atoms with E-state index in [1.165, 1.54) is 23.5 Å². The fourth-order valence-electron chi connectivity index (χ4n) is 2.89. The highest BCUT2D eigenvalue weighted by Crippen LogP contribution is 2.29. The van der Waals surface area contributed by atoms with E-state index in [4.69, 9.17) is 9.47 Å². The van der Waals surface area contributed by atoms with E-state index in [0.29, 0.717) is 44.8 Å². The number of hydrogen-bond acceptors (Lipinski definition) is 5. The van der Waals surface area contributed by atoms with Gasteiger partial charge in [-0.15, -0.1) is 0 Å². The average Bonchev–Trinajstić information content (AvgIpc) is 2.67. The molecule has 0 bridgehead atoms. The lowest BCUT2D eigenvalue weighted by atomic mass is 10.2. The van der Waals surface area contributed by atoms with Crippen molar-refractivity contribution in [2.45, 2.75) is 37.5 Å². The lowest BCUT2D eigenvalue weighted by Crippen LogP contribution is -2.36. The Morgan fingerprint density at radius 3 is 2.62 bits per heavy atom. The van der Waals surface area contributed by atoms with Crippen molar-refractivity contribution in [2.24, 2.45) is 0 Å². The third-order valence-corrected chi connectivity index (χ3v) is 6.23. The van der Waals surface area contributed by atoms with Crippen molar-refractivity contribution < 1.29 is 22.7 Å². The van der Waals surface area contributed by atoms with Gasteiger partial charge in [0.15, 0.2) is 0 Å². The summed E-state index contributed by atoms with van der Waals surface area (Å²) in [6.07, 6.45) is 3.44.